The van der Waals surface area contributed by atoms with Gasteiger partial charge in [-0.25, -0.2) is 0 Å². The maximum absolute atomic E-state index is 6.65. The molecule has 5 heteroatoms. The standard InChI is InChI=1S/C45H32N4O/c1-2-12-32(39-14-5-8-22-46-39)31(11-1)29-18-20-43-36(25-29)33-13-3-4-17-42(33)49(43)30-19-21-44-37(26-30)38-27-34(40-15-6-9-23-47-40)35(28-45(38)50-44)41-16-7-10-24-48-41/h1-6,8-15,17-28,37,44H,7,16H2. The summed E-state index contributed by atoms with van der Waals surface area (Å²) in [5.41, 5.74) is 13.3. The monoisotopic (exact) mass is 644 g/mol. The maximum Gasteiger partial charge on any atom is 0.128 e. The van der Waals surface area contributed by atoms with Crippen molar-refractivity contribution in [3.05, 3.63) is 169 Å². The first-order valence-electron chi connectivity index (χ1n) is 17.2. The van der Waals surface area contributed by atoms with E-state index in [1.807, 2.05) is 42.9 Å². The Morgan fingerprint density at radius 3 is 2.22 bits per heavy atom. The molecule has 50 heavy (non-hydrogen) atoms. The van der Waals surface area contributed by atoms with Crippen LogP contribution in [0.2, 0.25) is 0 Å². The molecule has 0 spiro atoms. The molecule has 0 N–H and O–H groups in total. The van der Waals surface area contributed by atoms with E-state index in [1.165, 1.54) is 38.5 Å². The Labute approximate surface area is 290 Å². The average Bonchev–Trinajstić information content (AvgIpc) is 3.72. The lowest BCUT2D eigenvalue weighted by Crippen LogP contribution is -2.18. The van der Waals surface area contributed by atoms with Gasteiger partial charge in [0.15, 0.2) is 0 Å². The first-order chi connectivity index (χ1) is 24.8. The number of pyridine rings is 2. The Kier molecular flexibility index (Phi) is 6.69. The van der Waals surface area contributed by atoms with Gasteiger partial charge in [-0.05, 0) is 96.8 Å². The van der Waals surface area contributed by atoms with Crippen molar-refractivity contribution in [3.63, 3.8) is 0 Å². The Morgan fingerprint density at radius 2 is 1.42 bits per heavy atom. The van der Waals surface area contributed by atoms with Gasteiger partial charge in [0.05, 0.1) is 22.4 Å². The molecule has 5 nitrogen and oxygen atoms in total. The van der Waals surface area contributed by atoms with Crippen molar-refractivity contribution in [2.75, 3.05) is 0 Å². The van der Waals surface area contributed by atoms with Crippen LogP contribution in [0.25, 0.3) is 61.1 Å². The third-order valence-electron chi connectivity index (χ3n) is 10.2. The van der Waals surface area contributed by atoms with Crippen molar-refractivity contribution in [2.24, 2.45) is 4.99 Å². The van der Waals surface area contributed by atoms with Gasteiger partial charge in [-0.15, -0.1) is 0 Å². The van der Waals surface area contributed by atoms with Gasteiger partial charge >= 0.3 is 0 Å². The second-order valence-corrected chi connectivity index (χ2v) is 13.1. The molecular formula is C45H32N4O. The number of aromatic nitrogens is 3. The van der Waals surface area contributed by atoms with Crippen LogP contribution < -0.4 is 4.74 Å². The van der Waals surface area contributed by atoms with Crippen LogP contribution in [0.5, 0.6) is 5.75 Å². The molecular weight excluding hydrogens is 613 g/mol. The molecule has 2 unspecified atom stereocenters. The topological polar surface area (TPSA) is 52.3 Å². The molecule has 3 aromatic heterocycles. The quantitative estimate of drug-likeness (QED) is 0.187. The zero-order valence-corrected chi connectivity index (χ0v) is 27.3. The number of hydrogen-bond donors (Lipinski definition) is 0. The first-order valence-corrected chi connectivity index (χ1v) is 17.2. The van der Waals surface area contributed by atoms with E-state index in [2.05, 4.69) is 125 Å². The van der Waals surface area contributed by atoms with Crippen molar-refractivity contribution in [1.29, 1.82) is 0 Å². The summed E-state index contributed by atoms with van der Waals surface area (Å²) in [4.78, 5) is 14.2. The van der Waals surface area contributed by atoms with E-state index in [9.17, 15) is 0 Å². The molecule has 0 saturated heterocycles. The Morgan fingerprint density at radius 1 is 0.660 bits per heavy atom. The fraction of sp³-hybridized carbons (Fsp3) is 0.0889. The first kappa shape index (κ1) is 28.7. The zero-order valence-electron chi connectivity index (χ0n) is 27.3. The van der Waals surface area contributed by atoms with Crippen LogP contribution >= 0.6 is 0 Å². The van der Waals surface area contributed by atoms with Crippen LogP contribution in [0.3, 0.4) is 0 Å². The second kappa shape index (κ2) is 11.7. The number of rotatable bonds is 5. The summed E-state index contributed by atoms with van der Waals surface area (Å²) in [6, 6.07) is 40.8. The molecule has 0 amide bonds. The van der Waals surface area contributed by atoms with Crippen molar-refractivity contribution >= 4 is 33.2 Å². The van der Waals surface area contributed by atoms with Crippen molar-refractivity contribution in [1.82, 2.24) is 14.5 Å². The van der Waals surface area contributed by atoms with Gasteiger partial charge in [0.1, 0.15) is 11.9 Å². The Bertz CT molecular complexity index is 2580. The largest absolute Gasteiger partial charge is 0.485 e. The maximum atomic E-state index is 6.65. The zero-order chi connectivity index (χ0) is 33.0. The highest BCUT2D eigenvalue weighted by molar-refractivity contribution is 6.12. The van der Waals surface area contributed by atoms with Crippen LogP contribution in [-0.2, 0) is 0 Å². The van der Waals surface area contributed by atoms with E-state index in [-0.39, 0.29) is 12.0 Å². The fourth-order valence-electron chi connectivity index (χ4n) is 7.86. The number of ether oxygens (including phenoxy) is 1. The predicted molar refractivity (Wildman–Crippen MR) is 203 cm³/mol. The second-order valence-electron chi connectivity index (χ2n) is 13.1. The predicted octanol–water partition coefficient (Wildman–Crippen LogP) is 10.6. The third kappa shape index (κ3) is 4.66. The van der Waals surface area contributed by atoms with Gasteiger partial charge in [-0.1, -0.05) is 66.7 Å². The summed E-state index contributed by atoms with van der Waals surface area (Å²) in [6.07, 6.45) is 16.4. The van der Waals surface area contributed by atoms with E-state index in [0.29, 0.717) is 0 Å². The van der Waals surface area contributed by atoms with E-state index < -0.39 is 0 Å². The molecule has 0 bridgehead atoms. The number of hydrogen-bond acceptors (Lipinski definition) is 4. The van der Waals surface area contributed by atoms with E-state index in [4.69, 9.17) is 14.7 Å². The van der Waals surface area contributed by atoms with Gasteiger partial charge in [0, 0.05) is 68.9 Å². The summed E-state index contributed by atoms with van der Waals surface area (Å²) in [5.74, 6) is 0.989. The van der Waals surface area contributed by atoms with Crippen LogP contribution in [0.4, 0.5) is 0 Å². The van der Waals surface area contributed by atoms with Crippen molar-refractivity contribution in [2.45, 2.75) is 24.9 Å². The van der Waals surface area contributed by atoms with E-state index in [1.54, 1.807) is 0 Å². The number of para-hydroxylation sites is 1. The average molecular weight is 645 g/mol. The molecule has 10 rings (SSSR count). The van der Waals surface area contributed by atoms with Crippen molar-refractivity contribution < 1.29 is 4.74 Å². The lowest BCUT2D eigenvalue weighted by molar-refractivity contribution is 0.269. The molecule has 2 aliphatic heterocycles. The Hall–Kier alpha value is -6.33. The highest BCUT2D eigenvalue weighted by Gasteiger charge is 2.36. The molecule has 3 aliphatic rings. The number of benzene rings is 4. The van der Waals surface area contributed by atoms with Crippen molar-refractivity contribution in [3.8, 4) is 39.4 Å². The van der Waals surface area contributed by atoms with Gasteiger partial charge in [-0.3, -0.25) is 15.0 Å². The van der Waals surface area contributed by atoms with Crippen LogP contribution in [0.1, 0.15) is 29.9 Å². The molecule has 0 fully saturated rings. The summed E-state index contributed by atoms with van der Waals surface area (Å²) in [7, 11) is 0. The molecule has 1 aliphatic carbocycles. The van der Waals surface area contributed by atoms with Crippen LogP contribution in [0.15, 0.2) is 163 Å². The molecule has 4 aromatic carbocycles. The SMILES string of the molecule is C1=CN=C(c2cc3c(cc2-c2ccccn2)C2C=C(n4c5ccccc5c5cc(-c6ccccc6-c6ccccn6)ccc54)C=CC2O3)CC1. The molecule has 0 saturated carbocycles. The number of nitrogens with zero attached hydrogens (tertiary/aromatic N) is 4. The normalized spacial score (nSPS) is 17.7. The van der Waals surface area contributed by atoms with Gasteiger partial charge < -0.3 is 9.30 Å². The van der Waals surface area contributed by atoms with Gasteiger partial charge in [-0.2, -0.15) is 0 Å². The summed E-state index contributed by atoms with van der Waals surface area (Å²) in [6.45, 7) is 0. The molecule has 2 atom stereocenters. The van der Waals surface area contributed by atoms with E-state index in [0.717, 1.165) is 58.1 Å². The lowest BCUT2D eigenvalue weighted by Gasteiger charge is -2.20. The number of aliphatic imine (C=N–C) groups is 1. The molecule has 238 valence electrons. The highest BCUT2D eigenvalue weighted by atomic mass is 16.5. The summed E-state index contributed by atoms with van der Waals surface area (Å²) >= 11 is 0. The number of allylic oxidation sites excluding steroid dienone is 3. The third-order valence-corrected chi connectivity index (χ3v) is 10.2. The van der Waals surface area contributed by atoms with Gasteiger partial charge in [0.25, 0.3) is 0 Å². The minimum atomic E-state index is -0.0726. The van der Waals surface area contributed by atoms with Gasteiger partial charge in [0.2, 0.25) is 0 Å². The summed E-state index contributed by atoms with van der Waals surface area (Å²) < 4.78 is 9.05. The lowest BCUT2D eigenvalue weighted by atomic mass is 9.87. The van der Waals surface area contributed by atoms with E-state index >= 15 is 0 Å². The highest BCUT2D eigenvalue weighted by Crippen LogP contribution is 2.47. The Balaban J connectivity index is 1.11. The minimum absolute atomic E-state index is 0.0652. The fourth-order valence-corrected chi connectivity index (χ4v) is 7.86. The minimum Gasteiger partial charge on any atom is -0.485 e. The van der Waals surface area contributed by atoms with Crippen LogP contribution in [-0.4, -0.2) is 26.4 Å². The summed E-state index contributed by atoms with van der Waals surface area (Å²) in [5, 5.41) is 2.45. The van der Waals surface area contributed by atoms with Crippen LogP contribution in [0, 0.1) is 0 Å². The molecule has 7 aromatic rings. The molecule has 5 heterocycles. The number of fused-ring (bicyclic) bond motifs is 6. The smallest absolute Gasteiger partial charge is 0.128 e. The molecule has 0 radical (unpaired) electrons.